The zero-order valence-corrected chi connectivity index (χ0v) is 43.8. The summed E-state index contributed by atoms with van der Waals surface area (Å²) in [5, 5.41) is 68.1. The first-order valence-electron chi connectivity index (χ1n) is 25.6. The Morgan fingerprint density at radius 2 is 1.47 bits per heavy atom. The van der Waals surface area contributed by atoms with E-state index in [1.807, 2.05) is 6.92 Å². The molecule has 1 fully saturated rings. The van der Waals surface area contributed by atoms with E-state index in [1.54, 1.807) is 6.08 Å². The van der Waals surface area contributed by atoms with Crippen LogP contribution < -0.4 is 0 Å². The molecular formula is C51H84O19P2. The van der Waals surface area contributed by atoms with Crippen LogP contribution in [0, 0.1) is 11.8 Å². The van der Waals surface area contributed by atoms with E-state index in [-0.39, 0.29) is 38.5 Å². The number of aliphatic hydroxyl groups is 6. The van der Waals surface area contributed by atoms with Crippen molar-refractivity contribution in [2.75, 3.05) is 13.2 Å². The second-order valence-electron chi connectivity index (χ2n) is 18.3. The van der Waals surface area contributed by atoms with Gasteiger partial charge in [0.1, 0.15) is 36.8 Å². The monoisotopic (exact) mass is 1060 g/mol. The molecule has 12 atom stereocenters. The number of rotatable bonds is 26. The number of fused-ring (bicyclic) bond motifs is 4. The fraction of sp³-hybridized carbons (Fsp3) is 0.706. The van der Waals surface area contributed by atoms with Crippen LogP contribution in [0.2, 0.25) is 0 Å². The molecule has 72 heavy (non-hydrogen) atoms. The number of hydrogen-bond acceptors (Lipinski definition) is 16. The third kappa shape index (κ3) is 28.1. The smallest absolute Gasteiger partial charge is 0.462 e. The molecule has 0 aromatic heterocycles. The molecule has 2 bridgehead atoms. The maximum Gasteiger partial charge on any atom is 0.472 e. The first-order valence-corrected chi connectivity index (χ1v) is 28.6. The topological polar surface area (TPSA) is 314 Å². The largest absolute Gasteiger partial charge is 0.472 e. The van der Waals surface area contributed by atoms with Crippen molar-refractivity contribution in [2.45, 2.75) is 204 Å². The number of ether oxygens (including phenoxy) is 2. The molecule has 1 aliphatic carbocycles. The molecule has 1 saturated carbocycles. The van der Waals surface area contributed by atoms with Crippen LogP contribution in [0.1, 0.15) is 149 Å². The molecule has 19 nitrogen and oxygen atoms in total. The van der Waals surface area contributed by atoms with E-state index in [4.69, 9.17) is 23.0 Å². The standard InChI is InChI=1S/C51H84O19P2/c1-3-5-7-8-9-10-11-12-13-14-15-16-17-18-19-20-21-22-27-31-44(55)66-36-39-37-67-72(64,65)70-51-49(60)48(59)46(57)40(30-26-23-24-28-32-45(56)68-39)42(53)35-43(54)41(34-33-38(52)29-25-6-4-2)47(58)50(51)69-71(61,62)63/h5,7,9-10,12-13,15-16,23,26,33-34,38-41,43,46-52,54,57-60H,3-4,6,8,11,14,17-22,24-25,27-32,35-37H2,1-2H3,(H,64,65)(H2,61,62,63)/b7-5-,10-9-,13-12-,16-15-,26-23-,34-33+/t38-,39+,40-,41-,43+,46+,47+,48-,49+,50+,51-/m0/s1. The molecule has 0 saturated heterocycles. The number of carbonyl (C=O) groups is 3. The zero-order valence-electron chi connectivity index (χ0n) is 42.0. The highest BCUT2D eigenvalue weighted by atomic mass is 31.2. The molecule has 412 valence electrons. The van der Waals surface area contributed by atoms with Crippen molar-refractivity contribution >= 4 is 33.4 Å². The van der Waals surface area contributed by atoms with E-state index in [9.17, 15) is 68.8 Å². The van der Waals surface area contributed by atoms with Gasteiger partial charge in [-0.2, -0.15) is 0 Å². The Bertz CT molecular complexity index is 1830. The van der Waals surface area contributed by atoms with Gasteiger partial charge >= 0.3 is 27.6 Å². The Morgan fingerprint density at radius 1 is 0.833 bits per heavy atom. The van der Waals surface area contributed by atoms with Gasteiger partial charge in [-0.25, -0.2) is 9.13 Å². The molecule has 0 spiro atoms. The maximum absolute atomic E-state index is 13.7. The molecule has 2 rings (SSSR count). The van der Waals surface area contributed by atoms with Crippen molar-refractivity contribution in [1.82, 2.24) is 0 Å². The van der Waals surface area contributed by atoms with Gasteiger partial charge in [0.15, 0.2) is 6.10 Å². The number of phosphoric ester groups is 2. The van der Waals surface area contributed by atoms with Gasteiger partial charge in [-0.1, -0.05) is 132 Å². The van der Waals surface area contributed by atoms with Gasteiger partial charge < -0.3 is 54.8 Å². The Hall–Kier alpha value is -2.97. The number of esters is 2. The number of carbonyl (C=O) groups excluding carboxylic acids is 3. The van der Waals surface area contributed by atoms with Gasteiger partial charge in [0.05, 0.1) is 31.0 Å². The first-order chi connectivity index (χ1) is 34.3. The summed E-state index contributed by atoms with van der Waals surface area (Å²) in [4.78, 5) is 70.4. The van der Waals surface area contributed by atoms with Crippen molar-refractivity contribution in [3.8, 4) is 0 Å². The maximum atomic E-state index is 13.7. The van der Waals surface area contributed by atoms with E-state index in [0.717, 1.165) is 89.2 Å². The third-order valence-corrected chi connectivity index (χ3v) is 13.6. The number of aliphatic hydroxyl groups excluding tert-OH is 6. The minimum atomic E-state index is -5.79. The fourth-order valence-corrected chi connectivity index (χ4v) is 9.60. The molecular weight excluding hydrogens is 978 g/mol. The molecule has 9 N–H and O–H groups in total. The van der Waals surface area contributed by atoms with Crippen LogP contribution in [-0.2, 0) is 46.6 Å². The van der Waals surface area contributed by atoms with Crippen LogP contribution in [0.5, 0.6) is 0 Å². The van der Waals surface area contributed by atoms with E-state index in [1.165, 1.54) is 6.08 Å². The predicted molar refractivity (Wildman–Crippen MR) is 270 cm³/mol. The van der Waals surface area contributed by atoms with Crippen LogP contribution in [-0.4, -0.2) is 131 Å². The summed E-state index contributed by atoms with van der Waals surface area (Å²) in [7, 11) is -11.5. The van der Waals surface area contributed by atoms with Crippen LogP contribution in [0.25, 0.3) is 0 Å². The van der Waals surface area contributed by atoms with Gasteiger partial charge in [0.2, 0.25) is 0 Å². The first kappa shape index (κ1) is 65.1. The Labute approximate surface area is 425 Å². The summed E-state index contributed by atoms with van der Waals surface area (Å²) < 4.78 is 52.1. The Morgan fingerprint density at radius 3 is 2.12 bits per heavy atom. The molecule has 21 heteroatoms. The summed E-state index contributed by atoms with van der Waals surface area (Å²) in [5.74, 6) is -5.69. The van der Waals surface area contributed by atoms with Crippen molar-refractivity contribution < 1.29 is 91.9 Å². The van der Waals surface area contributed by atoms with Crippen molar-refractivity contribution in [2.24, 2.45) is 11.8 Å². The van der Waals surface area contributed by atoms with Gasteiger partial charge in [0.25, 0.3) is 0 Å². The number of cyclic esters (lactones) is 1. The van der Waals surface area contributed by atoms with E-state index in [0.29, 0.717) is 12.8 Å². The lowest BCUT2D eigenvalue weighted by molar-refractivity contribution is -0.165. The summed E-state index contributed by atoms with van der Waals surface area (Å²) in [6.45, 7) is 2.43. The normalized spacial score (nSPS) is 30.0. The van der Waals surface area contributed by atoms with Crippen LogP contribution in [0.3, 0.4) is 0 Å². The average molecular weight is 1060 g/mol. The average Bonchev–Trinajstić information content (AvgIpc) is 3.32. The quantitative estimate of drug-likeness (QED) is 0.0182. The van der Waals surface area contributed by atoms with E-state index >= 15 is 0 Å². The highest BCUT2D eigenvalue weighted by molar-refractivity contribution is 7.47. The van der Waals surface area contributed by atoms with Crippen LogP contribution >= 0.6 is 15.6 Å². The number of Topliss-reactive ketones (excluding diaryl/α,β-unsaturated/α-hetero) is 1. The van der Waals surface area contributed by atoms with Crippen LogP contribution in [0.4, 0.5) is 0 Å². The highest BCUT2D eigenvalue weighted by Crippen LogP contribution is 2.49. The number of allylic oxidation sites excluding steroid dienone is 10. The number of phosphoric acid groups is 2. The summed E-state index contributed by atoms with van der Waals surface area (Å²) >= 11 is 0. The van der Waals surface area contributed by atoms with Crippen LogP contribution in [0.15, 0.2) is 72.9 Å². The fourth-order valence-electron chi connectivity index (χ4n) is 8.07. The molecule has 0 aromatic rings. The SMILES string of the molecule is CC/C=C\C/C=C\C/C=C\C/C=C\CCCCCCCCC(=O)OC[C@@H]1COP(=O)(O)O[C@H]2[C@H](O)[C@@H](O)[C@H](O)[C@@H](C/C=C\CCCC(=O)O1)C(=O)C[C@@H](O)[C@H](/C=C/[C@@H](O)CCCCC)[C@@H](O)[C@H]2OP(=O)(O)O. The molecule has 1 aliphatic heterocycles. The van der Waals surface area contributed by atoms with Gasteiger partial charge in [-0.3, -0.25) is 28.0 Å². The molecule has 0 aromatic carbocycles. The lowest BCUT2D eigenvalue weighted by Crippen LogP contribution is -2.56. The third-order valence-electron chi connectivity index (χ3n) is 12.1. The summed E-state index contributed by atoms with van der Waals surface area (Å²) in [6, 6.07) is 0. The minimum Gasteiger partial charge on any atom is -0.462 e. The number of unbranched alkanes of at least 4 members (excludes halogenated alkanes) is 8. The van der Waals surface area contributed by atoms with E-state index < -0.39 is 120 Å². The second kappa shape index (κ2) is 36.9. The Kier molecular flexibility index (Phi) is 33.4. The second-order valence-corrected chi connectivity index (χ2v) is 20.9. The molecule has 1 unspecified atom stereocenters. The number of ketones is 1. The molecule has 1 heterocycles. The summed E-state index contributed by atoms with van der Waals surface area (Å²) in [6.07, 6.45) is 14.4. The summed E-state index contributed by atoms with van der Waals surface area (Å²) in [5.41, 5.74) is 0. The minimum absolute atomic E-state index is 0.0313. The molecule has 2 aliphatic rings. The van der Waals surface area contributed by atoms with Crippen molar-refractivity contribution in [3.05, 3.63) is 72.9 Å². The van der Waals surface area contributed by atoms with Crippen molar-refractivity contribution in [1.29, 1.82) is 0 Å². The van der Waals surface area contributed by atoms with Crippen molar-refractivity contribution in [3.63, 3.8) is 0 Å². The number of hydrogen-bond donors (Lipinski definition) is 9. The Balaban J connectivity index is 2.20. The zero-order chi connectivity index (χ0) is 53.4. The molecule has 0 amide bonds. The van der Waals surface area contributed by atoms with E-state index in [2.05, 4.69) is 55.5 Å². The van der Waals surface area contributed by atoms with Gasteiger partial charge in [0, 0.05) is 31.1 Å². The van der Waals surface area contributed by atoms with Gasteiger partial charge in [-0.05, 0) is 70.6 Å². The highest BCUT2D eigenvalue weighted by Gasteiger charge is 2.51. The lowest BCUT2D eigenvalue weighted by Gasteiger charge is -2.38. The van der Waals surface area contributed by atoms with Gasteiger partial charge in [-0.15, -0.1) is 0 Å². The predicted octanol–water partition coefficient (Wildman–Crippen LogP) is 6.98. The molecule has 0 radical (unpaired) electrons. The lowest BCUT2D eigenvalue weighted by atomic mass is 9.84.